The Bertz CT molecular complexity index is 1710. The molecule has 1 atom stereocenters. The van der Waals surface area contributed by atoms with Crippen molar-refractivity contribution in [3.63, 3.8) is 0 Å². The lowest BCUT2D eigenvalue weighted by Crippen LogP contribution is -2.45. The number of ether oxygens (including phenoxy) is 3. The second-order valence-corrected chi connectivity index (χ2v) is 11.2. The molecule has 0 radical (unpaired) electrons. The van der Waals surface area contributed by atoms with Gasteiger partial charge in [-0.3, -0.25) is 14.7 Å². The molecule has 4 aromatic rings. The quantitative estimate of drug-likeness (QED) is 0.234. The topological polar surface area (TPSA) is 112 Å². The van der Waals surface area contributed by atoms with E-state index in [0.29, 0.717) is 59.7 Å². The van der Waals surface area contributed by atoms with Crippen LogP contribution in [0.3, 0.4) is 0 Å². The number of alkyl halides is 3. The Kier molecular flexibility index (Phi) is 8.35. The molecular weight excluding hydrogens is 598 g/mol. The molecule has 14 heteroatoms. The van der Waals surface area contributed by atoms with Gasteiger partial charge in [0.2, 0.25) is 5.91 Å². The van der Waals surface area contributed by atoms with Crippen molar-refractivity contribution in [2.24, 2.45) is 0 Å². The fourth-order valence-corrected chi connectivity index (χ4v) is 5.36. The maximum atomic E-state index is 15.1. The highest BCUT2D eigenvalue weighted by Crippen LogP contribution is 2.59. The van der Waals surface area contributed by atoms with E-state index in [1.54, 1.807) is 18.2 Å². The van der Waals surface area contributed by atoms with Gasteiger partial charge in [0.05, 0.1) is 49.7 Å². The molecular formula is C31H31F4N5O5. The molecule has 45 heavy (non-hydrogen) atoms. The van der Waals surface area contributed by atoms with Gasteiger partial charge in [0.15, 0.2) is 23.1 Å². The number of morpholine rings is 1. The van der Waals surface area contributed by atoms with Crippen molar-refractivity contribution in [3.8, 4) is 22.8 Å². The molecule has 2 fully saturated rings. The van der Waals surface area contributed by atoms with Crippen LogP contribution in [0.25, 0.3) is 22.3 Å². The highest BCUT2D eigenvalue weighted by atomic mass is 19.4. The zero-order valence-electron chi connectivity index (χ0n) is 24.6. The number of amides is 1. The van der Waals surface area contributed by atoms with E-state index < -0.39 is 23.3 Å². The molecule has 0 bridgehead atoms. The molecule has 0 spiro atoms. The van der Waals surface area contributed by atoms with E-state index in [9.17, 15) is 18.0 Å². The molecule has 1 aliphatic heterocycles. The number of aromatic nitrogens is 3. The highest BCUT2D eigenvalue weighted by molar-refractivity contribution is 5.91. The van der Waals surface area contributed by atoms with Crippen molar-refractivity contribution in [1.29, 1.82) is 0 Å². The molecule has 2 aromatic heterocycles. The van der Waals surface area contributed by atoms with Crippen LogP contribution in [0, 0.1) is 5.82 Å². The van der Waals surface area contributed by atoms with Crippen molar-refractivity contribution in [2.75, 3.05) is 45.3 Å². The van der Waals surface area contributed by atoms with Gasteiger partial charge in [-0.25, -0.2) is 9.37 Å². The number of halogens is 4. The summed E-state index contributed by atoms with van der Waals surface area (Å²) in [5.41, 5.74) is -0.0385. The van der Waals surface area contributed by atoms with Gasteiger partial charge in [-0.05, 0) is 31.4 Å². The van der Waals surface area contributed by atoms with E-state index in [1.165, 1.54) is 25.4 Å². The Morgan fingerprint density at radius 2 is 1.96 bits per heavy atom. The third-order valence-corrected chi connectivity index (χ3v) is 8.21. The van der Waals surface area contributed by atoms with Crippen molar-refractivity contribution < 1.29 is 41.1 Å². The van der Waals surface area contributed by atoms with Gasteiger partial charge in [0.1, 0.15) is 17.8 Å². The zero-order valence-corrected chi connectivity index (χ0v) is 24.6. The molecule has 10 nitrogen and oxygen atoms in total. The fraction of sp³-hybridized carbons (Fsp3) is 0.419. The number of carbonyl (C=O) groups excluding carboxylic acids is 1. The molecule has 1 aliphatic carbocycles. The van der Waals surface area contributed by atoms with Gasteiger partial charge in [-0.1, -0.05) is 17.3 Å². The predicted octanol–water partition coefficient (Wildman–Crippen LogP) is 5.31. The SMILES string of the molecule is COc1cc2nc(-c3ccc(CC(=O)Nc4cc(C5(C(F)(F)F)CC5)on4)c(F)c3)cnc2cc1OCCN1CCOC[C@H]1C. The van der Waals surface area contributed by atoms with Crippen molar-refractivity contribution in [3.05, 3.63) is 59.7 Å². The number of anilines is 1. The molecule has 2 aliphatic rings. The summed E-state index contributed by atoms with van der Waals surface area (Å²) in [4.78, 5) is 23.9. The third kappa shape index (κ3) is 6.43. The fourth-order valence-electron chi connectivity index (χ4n) is 5.36. The maximum absolute atomic E-state index is 15.1. The van der Waals surface area contributed by atoms with Gasteiger partial charge in [0.25, 0.3) is 0 Å². The van der Waals surface area contributed by atoms with Crippen LogP contribution in [0.4, 0.5) is 23.4 Å². The minimum absolute atomic E-state index is 0.0811. The van der Waals surface area contributed by atoms with Crippen LogP contribution in [0.15, 0.2) is 47.1 Å². The van der Waals surface area contributed by atoms with Crippen LogP contribution in [-0.2, 0) is 21.4 Å². The molecule has 1 saturated heterocycles. The molecule has 1 N–H and O–H groups in total. The minimum atomic E-state index is -4.47. The lowest BCUT2D eigenvalue weighted by molar-refractivity contribution is -0.165. The summed E-state index contributed by atoms with van der Waals surface area (Å²) in [6.07, 6.45) is -3.52. The monoisotopic (exact) mass is 629 g/mol. The molecule has 1 saturated carbocycles. The first-order chi connectivity index (χ1) is 21.6. The Balaban J connectivity index is 1.11. The van der Waals surface area contributed by atoms with E-state index >= 15 is 4.39 Å². The Labute approximate surface area is 255 Å². The second kappa shape index (κ2) is 12.2. The first kappa shape index (κ1) is 30.7. The van der Waals surface area contributed by atoms with Gasteiger partial charge in [-0.2, -0.15) is 13.2 Å². The molecule has 3 heterocycles. The normalized spacial score (nSPS) is 18.1. The van der Waals surface area contributed by atoms with Gasteiger partial charge in [0, 0.05) is 42.9 Å². The van der Waals surface area contributed by atoms with Gasteiger partial charge >= 0.3 is 6.18 Å². The molecule has 6 rings (SSSR count). The number of nitrogens with zero attached hydrogens (tertiary/aromatic N) is 4. The third-order valence-electron chi connectivity index (χ3n) is 8.21. The van der Waals surface area contributed by atoms with E-state index in [0.717, 1.165) is 19.2 Å². The number of hydrogen-bond acceptors (Lipinski definition) is 9. The smallest absolute Gasteiger partial charge is 0.401 e. The summed E-state index contributed by atoms with van der Waals surface area (Å²) in [6.45, 7) is 5.56. The largest absolute Gasteiger partial charge is 0.493 e. The Morgan fingerprint density at radius 1 is 1.16 bits per heavy atom. The van der Waals surface area contributed by atoms with Crippen LogP contribution < -0.4 is 14.8 Å². The predicted molar refractivity (Wildman–Crippen MR) is 155 cm³/mol. The minimum Gasteiger partial charge on any atom is -0.493 e. The van der Waals surface area contributed by atoms with Crippen LogP contribution in [-0.4, -0.2) is 78.2 Å². The van der Waals surface area contributed by atoms with Crippen LogP contribution >= 0.6 is 0 Å². The second-order valence-electron chi connectivity index (χ2n) is 11.2. The molecule has 238 valence electrons. The van der Waals surface area contributed by atoms with Crippen molar-refractivity contribution in [2.45, 2.75) is 43.8 Å². The summed E-state index contributed by atoms with van der Waals surface area (Å²) in [5, 5.41) is 5.91. The summed E-state index contributed by atoms with van der Waals surface area (Å²) in [7, 11) is 1.53. The molecule has 0 unspecified atom stereocenters. The van der Waals surface area contributed by atoms with Gasteiger partial charge < -0.3 is 24.1 Å². The lowest BCUT2D eigenvalue weighted by atomic mass is 10.0. The van der Waals surface area contributed by atoms with Crippen LogP contribution in [0.5, 0.6) is 11.5 Å². The average molecular weight is 630 g/mol. The number of methoxy groups -OCH3 is 1. The standard InChI is InChI=1S/C31H31F4N5O5/c1-18-17-43-9-7-40(18)8-10-44-26-13-22-23(14-25(26)42-2)37-24(16-36-22)20-4-3-19(21(32)11-20)12-29(41)38-28-15-27(45-39-28)30(5-6-30)31(33,34)35/h3-4,11,13-16,18H,5-10,12,17H2,1-2H3,(H,38,39,41)/t18-/m1/s1. The van der Waals surface area contributed by atoms with E-state index in [4.69, 9.17) is 18.7 Å². The summed E-state index contributed by atoms with van der Waals surface area (Å²) >= 11 is 0. The zero-order chi connectivity index (χ0) is 31.8. The van der Waals surface area contributed by atoms with Gasteiger partial charge in [-0.15, -0.1) is 0 Å². The lowest BCUT2D eigenvalue weighted by Gasteiger charge is -2.33. The summed E-state index contributed by atoms with van der Waals surface area (Å²) in [6, 6.07) is 9.14. The van der Waals surface area contributed by atoms with Crippen molar-refractivity contribution >= 4 is 22.8 Å². The number of carbonyl (C=O) groups is 1. The Morgan fingerprint density at radius 3 is 2.67 bits per heavy atom. The first-order valence-corrected chi connectivity index (χ1v) is 14.5. The van der Waals surface area contributed by atoms with Crippen LogP contribution in [0.1, 0.15) is 31.1 Å². The maximum Gasteiger partial charge on any atom is 0.401 e. The number of fused-ring (bicyclic) bond motifs is 1. The van der Waals surface area contributed by atoms with E-state index in [2.05, 4.69) is 32.3 Å². The van der Waals surface area contributed by atoms with Crippen molar-refractivity contribution in [1.82, 2.24) is 20.0 Å². The number of hydrogen-bond donors (Lipinski definition) is 1. The molecule has 2 aromatic carbocycles. The first-order valence-electron chi connectivity index (χ1n) is 14.5. The summed E-state index contributed by atoms with van der Waals surface area (Å²) in [5.74, 6) is -0.803. The number of rotatable bonds is 10. The molecule has 1 amide bonds. The van der Waals surface area contributed by atoms with E-state index in [-0.39, 0.29) is 36.4 Å². The average Bonchev–Trinajstić information content (AvgIpc) is 3.72. The van der Waals surface area contributed by atoms with E-state index in [1.807, 2.05) is 0 Å². The van der Waals surface area contributed by atoms with Crippen LogP contribution in [0.2, 0.25) is 0 Å². The summed E-state index contributed by atoms with van der Waals surface area (Å²) < 4.78 is 77.0. The highest BCUT2D eigenvalue weighted by Gasteiger charge is 2.66. The number of nitrogens with one attached hydrogen (secondary N) is 1. The Hall–Kier alpha value is -4.30. The number of benzene rings is 2.